The second-order valence-corrected chi connectivity index (χ2v) is 6.78. The van der Waals surface area contributed by atoms with Crippen molar-refractivity contribution < 1.29 is 19.5 Å². The summed E-state index contributed by atoms with van der Waals surface area (Å²) in [5, 5.41) is 11.9. The van der Waals surface area contributed by atoms with Crippen LogP contribution in [0.4, 0.5) is 0 Å². The molecule has 2 N–H and O–H groups in total. The van der Waals surface area contributed by atoms with E-state index in [1.807, 2.05) is 13.0 Å². The lowest BCUT2D eigenvalue weighted by molar-refractivity contribution is -0.142. The van der Waals surface area contributed by atoms with Crippen LogP contribution in [0.2, 0.25) is 0 Å². The molecule has 2 aliphatic rings. The Morgan fingerprint density at radius 3 is 2.59 bits per heavy atom. The zero-order valence-corrected chi connectivity index (χ0v) is 13.5. The molecule has 0 bridgehead atoms. The summed E-state index contributed by atoms with van der Waals surface area (Å²) in [6, 6.07) is -0.897. The van der Waals surface area contributed by atoms with Gasteiger partial charge in [-0.3, -0.25) is 9.59 Å². The van der Waals surface area contributed by atoms with Gasteiger partial charge in [0.2, 0.25) is 5.91 Å². The van der Waals surface area contributed by atoms with E-state index in [4.69, 9.17) is 0 Å². The molecule has 1 saturated carbocycles. The first-order valence-corrected chi connectivity index (χ1v) is 8.13. The number of carbonyl (C=O) groups excluding carboxylic acids is 2. The van der Waals surface area contributed by atoms with E-state index in [9.17, 15) is 19.5 Å². The van der Waals surface area contributed by atoms with Crippen molar-refractivity contribution in [3.63, 3.8) is 0 Å². The van der Waals surface area contributed by atoms with Crippen molar-refractivity contribution >= 4 is 17.7 Å². The molecular formula is C17H25NO4. The van der Waals surface area contributed by atoms with Gasteiger partial charge in [-0.25, -0.2) is 4.79 Å². The molecule has 0 aliphatic heterocycles. The van der Waals surface area contributed by atoms with E-state index in [0.29, 0.717) is 18.4 Å². The van der Waals surface area contributed by atoms with E-state index in [-0.39, 0.29) is 35.4 Å². The molecule has 0 aromatic rings. The highest BCUT2D eigenvalue weighted by Gasteiger charge is 2.43. The largest absolute Gasteiger partial charge is 0.480 e. The number of ketones is 1. The zero-order valence-electron chi connectivity index (χ0n) is 13.5. The number of Topliss-reactive ketones (excluding diaryl/α,β-unsaturated/α-hetero) is 1. The predicted molar refractivity (Wildman–Crippen MR) is 82.1 cm³/mol. The van der Waals surface area contributed by atoms with Crippen LogP contribution in [0, 0.1) is 23.7 Å². The van der Waals surface area contributed by atoms with Gasteiger partial charge in [-0.15, -0.1) is 0 Å². The van der Waals surface area contributed by atoms with Gasteiger partial charge in [0, 0.05) is 17.9 Å². The van der Waals surface area contributed by atoms with Crippen LogP contribution in [-0.4, -0.2) is 28.8 Å². The average Bonchev–Trinajstić information content (AvgIpc) is 2.84. The van der Waals surface area contributed by atoms with Gasteiger partial charge < -0.3 is 10.4 Å². The molecule has 122 valence electrons. The van der Waals surface area contributed by atoms with Crippen molar-refractivity contribution in [2.24, 2.45) is 23.7 Å². The van der Waals surface area contributed by atoms with Crippen molar-refractivity contribution in [2.45, 2.75) is 52.5 Å². The molecule has 5 nitrogen and oxygen atoms in total. The summed E-state index contributed by atoms with van der Waals surface area (Å²) >= 11 is 0. The Bertz CT molecular complexity index is 509. The van der Waals surface area contributed by atoms with Crippen LogP contribution in [0.3, 0.4) is 0 Å². The van der Waals surface area contributed by atoms with Crippen LogP contribution >= 0.6 is 0 Å². The summed E-state index contributed by atoms with van der Waals surface area (Å²) in [4.78, 5) is 35.9. The highest BCUT2D eigenvalue weighted by Crippen LogP contribution is 2.43. The minimum absolute atomic E-state index is 0.0306. The maximum absolute atomic E-state index is 12.6. The lowest BCUT2D eigenvalue weighted by atomic mass is 9.74. The highest BCUT2D eigenvalue weighted by molar-refractivity contribution is 5.98. The van der Waals surface area contributed by atoms with E-state index in [1.54, 1.807) is 13.8 Å². The molecule has 0 aromatic carbocycles. The van der Waals surface area contributed by atoms with Crippen molar-refractivity contribution in [3.05, 3.63) is 11.6 Å². The summed E-state index contributed by atoms with van der Waals surface area (Å²) in [5.74, 6) is -1.13. The first kappa shape index (κ1) is 16.7. The molecule has 4 unspecified atom stereocenters. The number of nitrogens with one attached hydrogen (secondary N) is 1. The second kappa shape index (κ2) is 6.63. The fourth-order valence-corrected chi connectivity index (χ4v) is 3.62. The van der Waals surface area contributed by atoms with Crippen molar-refractivity contribution in [1.29, 1.82) is 0 Å². The number of amides is 1. The van der Waals surface area contributed by atoms with Crippen LogP contribution in [0.1, 0.15) is 46.5 Å². The van der Waals surface area contributed by atoms with Crippen LogP contribution in [0.5, 0.6) is 0 Å². The number of hydrogen-bond acceptors (Lipinski definition) is 3. The molecule has 22 heavy (non-hydrogen) atoms. The molecule has 0 heterocycles. The Labute approximate surface area is 131 Å². The van der Waals surface area contributed by atoms with Gasteiger partial charge in [-0.1, -0.05) is 26.8 Å². The first-order valence-electron chi connectivity index (χ1n) is 8.13. The number of hydrogen-bond donors (Lipinski definition) is 2. The summed E-state index contributed by atoms with van der Waals surface area (Å²) in [6.45, 7) is 5.58. The smallest absolute Gasteiger partial charge is 0.326 e. The summed E-state index contributed by atoms with van der Waals surface area (Å²) in [5.41, 5.74) is 0.626. The van der Waals surface area contributed by atoms with Crippen LogP contribution in [-0.2, 0) is 14.4 Å². The van der Waals surface area contributed by atoms with Crippen LogP contribution in [0.15, 0.2) is 11.6 Å². The van der Waals surface area contributed by atoms with Gasteiger partial charge >= 0.3 is 5.97 Å². The summed E-state index contributed by atoms with van der Waals surface area (Å²) in [7, 11) is 0. The topological polar surface area (TPSA) is 83.5 Å². The Kier molecular flexibility index (Phi) is 5.04. The van der Waals surface area contributed by atoms with E-state index in [2.05, 4.69) is 5.32 Å². The van der Waals surface area contributed by atoms with Gasteiger partial charge in [0.1, 0.15) is 11.8 Å². The second-order valence-electron chi connectivity index (χ2n) is 6.78. The molecule has 5 heteroatoms. The average molecular weight is 307 g/mol. The molecule has 2 aliphatic carbocycles. The van der Waals surface area contributed by atoms with Crippen LogP contribution in [0.25, 0.3) is 0 Å². The maximum atomic E-state index is 12.6. The fraction of sp³-hybridized carbons (Fsp3) is 0.706. The number of rotatable bonds is 5. The predicted octanol–water partition coefficient (Wildman–Crippen LogP) is 2.16. The number of fused-ring (bicyclic) bond motifs is 1. The number of allylic oxidation sites excluding steroid dienone is 1. The lowest BCUT2D eigenvalue weighted by Gasteiger charge is -2.30. The fourth-order valence-electron chi connectivity index (χ4n) is 3.62. The Morgan fingerprint density at radius 2 is 2.05 bits per heavy atom. The number of aliphatic carboxylic acids is 1. The van der Waals surface area contributed by atoms with Gasteiger partial charge in [-0.2, -0.15) is 0 Å². The third kappa shape index (κ3) is 3.23. The Balaban J connectivity index is 2.21. The van der Waals surface area contributed by atoms with Crippen LogP contribution < -0.4 is 5.32 Å². The van der Waals surface area contributed by atoms with Crippen molar-refractivity contribution in [3.8, 4) is 0 Å². The summed E-state index contributed by atoms with van der Waals surface area (Å²) < 4.78 is 0. The standard InChI is InChI=1S/C17H25NO4/c1-4-10-7-12-11(5-6-14(12)19)13(8-10)16(20)18-15(9(2)3)17(21)22/h8-12,15H,4-7H2,1-3H3,(H,18,20)(H,21,22). The van der Waals surface area contributed by atoms with Crippen molar-refractivity contribution in [1.82, 2.24) is 5.32 Å². The molecule has 0 spiro atoms. The van der Waals surface area contributed by atoms with E-state index in [0.717, 1.165) is 12.8 Å². The van der Waals surface area contributed by atoms with Crippen molar-refractivity contribution in [2.75, 3.05) is 0 Å². The number of carboxylic acids is 1. The monoisotopic (exact) mass is 307 g/mol. The SMILES string of the molecule is CCC1C=C(C(=O)NC(C(=O)O)C(C)C)C2CCC(=O)C2C1. The van der Waals surface area contributed by atoms with E-state index >= 15 is 0 Å². The van der Waals surface area contributed by atoms with Gasteiger partial charge in [0.05, 0.1) is 0 Å². The molecule has 0 aromatic heterocycles. The third-order valence-electron chi connectivity index (χ3n) is 4.98. The Hall–Kier alpha value is -1.65. The quantitative estimate of drug-likeness (QED) is 0.815. The molecule has 4 atom stereocenters. The molecule has 1 amide bonds. The summed E-state index contributed by atoms with van der Waals surface area (Å²) in [6.07, 6.45) is 4.92. The third-order valence-corrected chi connectivity index (χ3v) is 4.98. The maximum Gasteiger partial charge on any atom is 0.326 e. The molecule has 0 saturated heterocycles. The highest BCUT2D eigenvalue weighted by atomic mass is 16.4. The molecular weight excluding hydrogens is 282 g/mol. The van der Waals surface area contributed by atoms with Gasteiger partial charge in [0.25, 0.3) is 0 Å². The van der Waals surface area contributed by atoms with E-state index in [1.165, 1.54) is 0 Å². The normalized spacial score (nSPS) is 29.0. The zero-order chi connectivity index (χ0) is 16.4. The molecule has 1 fully saturated rings. The Morgan fingerprint density at radius 1 is 1.36 bits per heavy atom. The number of carboxylic acid groups (broad SMARTS) is 1. The number of carbonyl (C=O) groups is 3. The minimum atomic E-state index is -1.02. The van der Waals surface area contributed by atoms with E-state index < -0.39 is 12.0 Å². The van der Waals surface area contributed by atoms with Gasteiger partial charge in [-0.05, 0) is 37.0 Å². The minimum Gasteiger partial charge on any atom is -0.480 e. The van der Waals surface area contributed by atoms with Gasteiger partial charge in [0.15, 0.2) is 0 Å². The molecule has 2 rings (SSSR count). The first-order chi connectivity index (χ1) is 10.3. The molecule has 0 radical (unpaired) electrons. The lowest BCUT2D eigenvalue weighted by Crippen LogP contribution is -2.46.